The Hall–Kier alpha value is -3.24. The summed E-state index contributed by atoms with van der Waals surface area (Å²) >= 11 is 0. The Morgan fingerprint density at radius 3 is 2.50 bits per heavy atom. The number of hydrogen-bond acceptors (Lipinski definition) is 7. The minimum Gasteiger partial charge on any atom is -0.352 e. The minimum absolute atomic E-state index is 0.0549. The Bertz CT molecular complexity index is 1210. The molecule has 2 aromatic carbocycles. The summed E-state index contributed by atoms with van der Waals surface area (Å²) in [5, 5.41) is 0.752. The van der Waals surface area contributed by atoms with Crippen LogP contribution < -0.4 is 15.4 Å². The van der Waals surface area contributed by atoms with Crippen molar-refractivity contribution in [3.05, 3.63) is 60.4 Å². The standard InChI is InChI=1S/C22H26N6O3S/c1-32(30,31)26-17-7-8-20-18(14-17)21(25-15-24-20)27-9-11-28(12-10-27)22(29)19(23)13-16-5-3-2-4-6-16/h2-8,14-15,19,26H,9-13,23H2,1H3/t19-/m1/s1. The van der Waals surface area contributed by atoms with Crippen molar-refractivity contribution in [1.82, 2.24) is 14.9 Å². The SMILES string of the molecule is CS(=O)(=O)Nc1ccc2ncnc(N3CCN(C(=O)[C@H](N)Cc4ccccc4)CC3)c2c1. The van der Waals surface area contributed by atoms with Gasteiger partial charge in [-0.15, -0.1) is 0 Å². The molecule has 3 aromatic rings. The molecular formula is C22H26N6O3S. The number of anilines is 2. The van der Waals surface area contributed by atoms with Crippen LogP contribution in [0, 0.1) is 0 Å². The molecule has 10 heteroatoms. The van der Waals surface area contributed by atoms with E-state index < -0.39 is 16.1 Å². The molecule has 32 heavy (non-hydrogen) atoms. The van der Waals surface area contributed by atoms with Gasteiger partial charge in [-0.3, -0.25) is 9.52 Å². The fraction of sp³-hybridized carbons (Fsp3) is 0.318. The van der Waals surface area contributed by atoms with Crippen molar-refractivity contribution in [3.63, 3.8) is 0 Å². The van der Waals surface area contributed by atoms with Crippen LogP contribution in [0.2, 0.25) is 0 Å². The Morgan fingerprint density at radius 1 is 1.09 bits per heavy atom. The monoisotopic (exact) mass is 454 g/mol. The van der Waals surface area contributed by atoms with Crippen molar-refractivity contribution in [2.45, 2.75) is 12.5 Å². The highest BCUT2D eigenvalue weighted by atomic mass is 32.2. The molecule has 1 aliphatic rings. The third-order valence-electron chi connectivity index (χ3n) is 5.42. The molecule has 9 nitrogen and oxygen atoms in total. The summed E-state index contributed by atoms with van der Waals surface area (Å²) in [4.78, 5) is 25.4. The van der Waals surface area contributed by atoms with Crippen molar-refractivity contribution in [2.75, 3.05) is 42.1 Å². The average molecular weight is 455 g/mol. The number of carbonyl (C=O) groups is 1. The van der Waals surface area contributed by atoms with E-state index in [-0.39, 0.29) is 5.91 Å². The van der Waals surface area contributed by atoms with E-state index in [1.54, 1.807) is 23.1 Å². The maximum absolute atomic E-state index is 12.8. The number of carbonyl (C=O) groups excluding carboxylic acids is 1. The molecule has 1 amide bonds. The predicted molar refractivity (Wildman–Crippen MR) is 125 cm³/mol. The first-order valence-electron chi connectivity index (χ1n) is 10.4. The van der Waals surface area contributed by atoms with Crippen LogP contribution in [0.25, 0.3) is 10.9 Å². The summed E-state index contributed by atoms with van der Waals surface area (Å²) < 4.78 is 25.7. The lowest BCUT2D eigenvalue weighted by Crippen LogP contribution is -2.53. The number of nitrogens with one attached hydrogen (secondary N) is 1. The van der Waals surface area contributed by atoms with Gasteiger partial charge in [0.1, 0.15) is 12.1 Å². The van der Waals surface area contributed by atoms with Gasteiger partial charge in [0.2, 0.25) is 15.9 Å². The van der Waals surface area contributed by atoms with Gasteiger partial charge in [-0.05, 0) is 30.2 Å². The van der Waals surface area contributed by atoms with Gasteiger partial charge >= 0.3 is 0 Å². The second-order valence-electron chi connectivity index (χ2n) is 7.91. The number of hydrogen-bond donors (Lipinski definition) is 2. The molecule has 3 N–H and O–H groups in total. The number of amides is 1. The number of rotatable bonds is 6. The van der Waals surface area contributed by atoms with Gasteiger partial charge in [-0.2, -0.15) is 0 Å². The fourth-order valence-electron chi connectivity index (χ4n) is 3.90. The maximum Gasteiger partial charge on any atom is 0.239 e. The molecule has 0 aliphatic carbocycles. The first kappa shape index (κ1) is 22.0. The van der Waals surface area contributed by atoms with E-state index in [1.807, 2.05) is 30.3 Å². The number of piperazine rings is 1. The average Bonchev–Trinajstić information content (AvgIpc) is 2.78. The van der Waals surface area contributed by atoms with Gasteiger partial charge in [0.25, 0.3) is 0 Å². The van der Waals surface area contributed by atoms with Crippen molar-refractivity contribution >= 4 is 38.3 Å². The Labute approximate surface area is 187 Å². The topological polar surface area (TPSA) is 122 Å². The fourth-order valence-corrected chi connectivity index (χ4v) is 4.46. The molecule has 1 saturated heterocycles. The highest BCUT2D eigenvalue weighted by Gasteiger charge is 2.26. The smallest absolute Gasteiger partial charge is 0.239 e. The Kier molecular flexibility index (Phi) is 6.24. The van der Waals surface area contributed by atoms with Crippen LogP contribution >= 0.6 is 0 Å². The molecule has 1 aliphatic heterocycles. The summed E-state index contributed by atoms with van der Waals surface area (Å²) in [5.74, 6) is 0.661. The van der Waals surface area contributed by atoms with E-state index in [0.29, 0.717) is 44.1 Å². The van der Waals surface area contributed by atoms with Crippen LogP contribution in [-0.4, -0.2) is 67.7 Å². The van der Waals surface area contributed by atoms with Crippen molar-refractivity contribution in [1.29, 1.82) is 0 Å². The van der Waals surface area contributed by atoms with E-state index in [0.717, 1.165) is 22.7 Å². The van der Waals surface area contributed by atoms with E-state index in [1.165, 1.54) is 6.33 Å². The van der Waals surface area contributed by atoms with Crippen LogP contribution in [-0.2, 0) is 21.2 Å². The van der Waals surface area contributed by atoms with Crippen LogP contribution in [0.4, 0.5) is 11.5 Å². The lowest BCUT2D eigenvalue weighted by Gasteiger charge is -2.36. The summed E-state index contributed by atoms with van der Waals surface area (Å²) in [6.45, 7) is 2.27. The van der Waals surface area contributed by atoms with E-state index in [4.69, 9.17) is 5.73 Å². The predicted octanol–water partition coefficient (Wildman–Crippen LogP) is 1.22. The molecule has 0 unspecified atom stereocenters. The van der Waals surface area contributed by atoms with E-state index in [9.17, 15) is 13.2 Å². The number of fused-ring (bicyclic) bond motifs is 1. The molecule has 1 atom stereocenters. The summed E-state index contributed by atoms with van der Waals surface area (Å²) in [5.41, 5.74) is 8.40. The third-order valence-corrected chi connectivity index (χ3v) is 6.03. The highest BCUT2D eigenvalue weighted by molar-refractivity contribution is 7.92. The van der Waals surface area contributed by atoms with Gasteiger partial charge in [-0.1, -0.05) is 30.3 Å². The number of sulfonamides is 1. The summed E-state index contributed by atoms with van der Waals surface area (Å²) in [7, 11) is -3.39. The number of aromatic nitrogens is 2. The molecule has 2 heterocycles. The number of nitrogens with two attached hydrogens (primary N) is 1. The van der Waals surface area contributed by atoms with E-state index >= 15 is 0 Å². The molecule has 168 valence electrons. The largest absolute Gasteiger partial charge is 0.352 e. The lowest BCUT2D eigenvalue weighted by atomic mass is 10.1. The number of nitrogens with zero attached hydrogens (tertiary/aromatic N) is 4. The zero-order valence-electron chi connectivity index (χ0n) is 17.8. The number of benzene rings is 2. The van der Waals surface area contributed by atoms with Gasteiger partial charge in [0.15, 0.2) is 0 Å². The van der Waals surface area contributed by atoms with Gasteiger partial charge in [0, 0.05) is 37.3 Å². The maximum atomic E-state index is 12.8. The summed E-state index contributed by atoms with van der Waals surface area (Å²) in [6, 6.07) is 14.3. The minimum atomic E-state index is -3.39. The zero-order valence-corrected chi connectivity index (χ0v) is 18.6. The van der Waals surface area contributed by atoms with Crippen LogP contribution in [0.5, 0.6) is 0 Å². The Morgan fingerprint density at radius 2 is 1.81 bits per heavy atom. The normalized spacial score (nSPS) is 15.6. The van der Waals surface area contributed by atoms with Crippen LogP contribution in [0.15, 0.2) is 54.9 Å². The molecule has 0 radical (unpaired) electrons. The van der Waals surface area contributed by atoms with Gasteiger partial charge in [0.05, 0.1) is 17.8 Å². The molecular weight excluding hydrogens is 428 g/mol. The quantitative estimate of drug-likeness (QED) is 0.574. The second-order valence-corrected chi connectivity index (χ2v) is 9.66. The van der Waals surface area contributed by atoms with Crippen LogP contribution in [0.1, 0.15) is 5.56 Å². The molecule has 1 aromatic heterocycles. The first-order valence-corrected chi connectivity index (χ1v) is 12.2. The van der Waals surface area contributed by atoms with Crippen molar-refractivity contribution in [3.8, 4) is 0 Å². The highest BCUT2D eigenvalue weighted by Crippen LogP contribution is 2.27. The summed E-state index contributed by atoms with van der Waals surface area (Å²) in [6.07, 6.45) is 3.11. The zero-order chi connectivity index (χ0) is 22.7. The Balaban J connectivity index is 1.45. The van der Waals surface area contributed by atoms with Crippen molar-refractivity contribution < 1.29 is 13.2 Å². The molecule has 4 rings (SSSR count). The van der Waals surface area contributed by atoms with Crippen molar-refractivity contribution in [2.24, 2.45) is 5.73 Å². The molecule has 0 bridgehead atoms. The second kappa shape index (κ2) is 9.09. The molecule has 1 fully saturated rings. The van der Waals surface area contributed by atoms with Gasteiger partial charge in [-0.25, -0.2) is 18.4 Å². The first-order chi connectivity index (χ1) is 15.3. The molecule has 0 spiro atoms. The van der Waals surface area contributed by atoms with Crippen LogP contribution in [0.3, 0.4) is 0 Å². The third kappa shape index (κ3) is 5.14. The molecule has 0 saturated carbocycles. The lowest BCUT2D eigenvalue weighted by molar-refractivity contribution is -0.132. The van der Waals surface area contributed by atoms with E-state index in [2.05, 4.69) is 19.6 Å². The van der Waals surface area contributed by atoms with Gasteiger partial charge < -0.3 is 15.5 Å².